The highest BCUT2D eigenvalue weighted by atomic mass is 32.2. The lowest BCUT2D eigenvalue weighted by molar-refractivity contribution is -0.117. The van der Waals surface area contributed by atoms with E-state index in [9.17, 15) is 13.2 Å². The Labute approximate surface area is 228 Å². The summed E-state index contributed by atoms with van der Waals surface area (Å²) in [6.45, 7) is 5.27. The van der Waals surface area contributed by atoms with Crippen molar-refractivity contribution in [1.29, 1.82) is 0 Å². The summed E-state index contributed by atoms with van der Waals surface area (Å²) in [4.78, 5) is 13.6. The Morgan fingerprint density at radius 3 is 2.26 bits per heavy atom. The van der Waals surface area contributed by atoms with Crippen LogP contribution in [0.25, 0.3) is 21.8 Å². The first-order valence-electron chi connectivity index (χ1n) is 13.0. The van der Waals surface area contributed by atoms with Gasteiger partial charge in [-0.25, -0.2) is 8.42 Å². The van der Waals surface area contributed by atoms with Crippen LogP contribution in [0, 0.1) is 0 Å². The Hall–Kier alpha value is -4.14. The Morgan fingerprint density at radius 2 is 1.54 bits per heavy atom. The number of hydrogen-bond donors (Lipinski definition) is 2. The molecule has 1 heterocycles. The van der Waals surface area contributed by atoms with Crippen molar-refractivity contribution in [2.75, 3.05) is 11.9 Å². The molecule has 0 aliphatic carbocycles. The largest absolute Gasteiger partial charge is 0.494 e. The number of nitrogens with one attached hydrogen (secondary N) is 2. The van der Waals surface area contributed by atoms with E-state index in [1.165, 1.54) is 12.1 Å². The van der Waals surface area contributed by atoms with Crippen LogP contribution in [-0.2, 0) is 27.8 Å². The third-order valence-electron chi connectivity index (χ3n) is 6.70. The highest BCUT2D eigenvalue weighted by molar-refractivity contribution is 7.89. The number of hydrogen-bond acceptors (Lipinski definition) is 4. The number of carbonyl (C=O) groups is 1. The van der Waals surface area contributed by atoms with E-state index in [-0.39, 0.29) is 11.3 Å². The van der Waals surface area contributed by atoms with Crippen molar-refractivity contribution >= 4 is 43.4 Å². The lowest BCUT2D eigenvalue weighted by Crippen LogP contribution is -2.45. The number of carbonyl (C=O) groups excluding carboxylic acids is 1. The van der Waals surface area contributed by atoms with Gasteiger partial charge in [0.2, 0.25) is 15.9 Å². The molecule has 4 aromatic carbocycles. The number of nitrogens with zero attached hydrogens (tertiary/aromatic N) is 1. The maximum absolute atomic E-state index is 13.6. The molecule has 2 N–H and O–H groups in total. The van der Waals surface area contributed by atoms with Crippen LogP contribution in [0.1, 0.15) is 19.4 Å². The molecule has 0 saturated carbocycles. The second kappa shape index (κ2) is 11.3. The summed E-state index contributed by atoms with van der Waals surface area (Å²) in [6, 6.07) is 28.4. The molecule has 0 spiro atoms. The van der Waals surface area contributed by atoms with Gasteiger partial charge in [0.25, 0.3) is 0 Å². The van der Waals surface area contributed by atoms with Crippen molar-refractivity contribution in [2.24, 2.45) is 0 Å². The van der Waals surface area contributed by atoms with Gasteiger partial charge in [-0.3, -0.25) is 4.79 Å². The predicted octanol–water partition coefficient (Wildman–Crippen LogP) is 5.74. The maximum atomic E-state index is 13.6. The van der Waals surface area contributed by atoms with Gasteiger partial charge in [0, 0.05) is 34.0 Å². The van der Waals surface area contributed by atoms with Crippen molar-refractivity contribution in [3.8, 4) is 5.75 Å². The van der Waals surface area contributed by atoms with E-state index in [1.807, 2.05) is 67.6 Å². The lowest BCUT2D eigenvalue weighted by atomic mass is 10.1. The van der Waals surface area contributed by atoms with E-state index in [0.717, 1.165) is 33.9 Å². The summed E-state index contributed by atoms with van der Waals surface area (Å²) in [5, 5.41) is 5.08. The summed E-state index contributed by atoms with van der Waals surface area (Å²) < 4.78 is 36.8. The molecule has 7 nitrogen and oxygen atoms in total. The standard InChI is InChI=1S/C31H31N3O4S/c1-3-34-29-13-9-8-12-26(29)27-21-23(14-19-30(27)34)32-31(35)28(20-22-10-6-5-7-11-22)33-39(36,37)25-17-15-24(16-18-25)38-4-2/h5-19,21,28,33H,3-4,20H2,1-2H3,(H,32,35). The van der Waals surface area contributed by atoms with Crippen LogP contribution in [0.2, 0.25) is 0 Å². The van der Waals surface area contributed by atoms with Gasteiger partial charge in [-0.15, -0.1) is 0 Å². The number of ether oxygens (including phenoxy) is 1. The van der Waals surface area contributed by atoms with Crippen LogP contribution < -0.4 is 14.8 Å². The zero-order valence-electron chi connectivity index (χ0n) is 21.9. The molecule has 8 heteroatoms. The summed E-state index contributed by atoms with van der Waals surface area (Å²) in [6.07, 6.45) is 0.195. The number of aryl methyl sites for hydroxylation is 1. The van der Waals surface area contributed by atoms with Crippen molar-refractivity contribution in [3.05, 3.63) is 103 Å². The molecule has 39 heavy (non-hydrogen) atoms. The normalized spacial score (nSPS) is 12.5. The Balaban J connectivity index is 1.44. The second-order valence-corrected chi connectivity index (χ2v) is 11.0. The summed E-state index contributed by atoms with van der Waals surface area (Å²) >= 11 is 0. The molecule has 1 atom stereocenters. The number of amides is 1. The van der Waals surface area contributed by atoms with E-state index < -0.39 is 22.0 Å². The zero-order chi connectivity index (χ0) is 27.4. The van der Waals surface area contributed by atoms with E-state index >= 15 is 0 Å². The molecule has 0 fully saturated rings. The van der Waals surface area contributed by atoms with Gasteiger partial charge in [0.1, 0.15) is 11.8 Å². The SMILES string of the molecule is CCOc1ccc(S(=O)(=O)NC(Cc2ccccc2)C(=O)Nc2ccc3c(c2)c2ccccc2n3CC)cc1. The van der Waals surface area contributed by atoms with Crippen LogP contribution in [0.5, 0.6) is 5.75 Å². The predicted molar refractivity (Wildman–Crippen MR) is 156 cm³/mol. The van der Waals surface area contributed by atoms with Crippen LogP contribution in [0.15, 0.2) is 102 Å². The van der Waals surface area contributed by atoms with Gasteiger partial charge in [0.15, 0.2) is 0 Å². The van der Waals surface area contributed by atoms with Gasteiger partial charge >= 0.3 is 0 Å². The average Bonchev–Trinajstić information content (AvgIpc) is 3.26. The van der Waals surface area contributed by atoms with Gasteiger partial charge in [-0.05, 0) is 74.4 Å². The number of sulfonamides is 1. The van der Waals surface area contributed by atoms with Gasteiger partial charge in [-0.1, -0.05) is 48.5 Å². The molecule has 0 saturated heterocycles. The summed E-state index contributed by atoms with van der Waals surface area (Å²) in [5.41, 5.74) is 3.65. The highest BCUT2D eigenvalue weighted by Gasteiger charge is 2.26. The maximum Gasteiger partial charge on any atom is 0.242 e. The van der Waals surface area contributed by atoms with Crippen molar-refractivity contribution in [1.82, 2.24) is 9.29 Å². The number of rotatable bonds is 10. The number of fused-ring (bicyclic) bond motifs is 3. The number of benzene rings is 4. The molecular weight excluding hydrogens is 510 g/mol. The van der Waals surface area contributed by atoms with E-state index in [4.69, 9.17) is 4.74 Å². The highest BCUT2D eigenvalue weighted by Crippen LogP contribution is 2.31. The van der Waals surface area contributed by atoms with Gasteiger partial charge < -0.3 is 14.6 Å². The topological polar surface area (TPSA) is 89.4 Å². The van der Waals surface area contributed by atoms with E-state index in [0.29, 0.717) is 18.0 Å². The molecule has 0 bridgehead atoms. The minimum absolute atomic E-state index is 0.0607. The van der Waals surface area contributed by atoms with Crippen LogP contribution in [0.3, 0.4) is 0 Å². The molecule has 1 amide bonds. The molecule has 200 valence electrons. The second-order valence-electron chi connectivity index (χ2n) is 9.25. The zero-order valence-corrected chi connectivity index (χ0v) is 22.7. The molecule has 1 aromatic heterocycles. The monoisotopic (exact) mass is 541 g/mol. The number of para-hydroxylation sites is 1. The first-order valence-corrected chi connectivity index (χ1v) is 14.5. The lowest BCUT2D eigenvalue weighted by Gasteiger charge is -2.19. The minimum Gasteiger partial charge on any atom is -0.494 e. The summed E-state index contributed by atoms with van der Waals surface area (Å²) in [7, 11) is -3.98. The van der Waals surface area contributed by atoms with E-state index in [2.05, 4.69) is 33.7 Å². The number of anilines is 1. The van der Waals surface area contributed by atoms with Crippen LogP contribution in [0.4, 0.5) is 5.69 Å². The third kappa shape index (κ3) is 5.67. The van der Waals surface area contributed by atoms with Crippen molar-refractivity contribution in [3.63, 3.8) is 0 Å². The Bertz CT molecular complexity index is 1710. The first kappa shape index (κ1) is 26.5. The van der Waals surface area contributed by atoms with Crippen molar-refractivity contribution < 1.29 is 17.9 Å². The molecule has 0 aliphatic rings. The molecule has 0 aliphatic heterocycles. The van der Waals surface area contributed by atoms with Gasteiger partial charge in [0.05, 0.1) is 11.5 Å². The fraction of sp³-hybridized carbons (Fsp3) is 0.194. The van der Waals surface area contributed by atoms with Gasteiger partial charge in [-0.2, -0.15) is 4.72 Å². The molecule has 1 unspecified atom stereocenters. The fourth-order valence-corrected chi connectivity index (χ4v) is 6.07. The quantitative estimate of drug-likeness (QED) is 0.236. The molecule has 5 rings (SSSR count). The average molecular weight is 542 g/mol. The van der Waals surface area contributed by atoms with Crippen LogP contribution in [-0.4, -0.2) is 31.5 Å². The minimum atomic E-state index is -3.98. The number of aromatic nitrogens is 1. The Kier molecular flexibility index (Phi) is 7.67. The fourth-order valence-electron chi connectivity index (χ4n) is 4.88. The van der Waals surface area contributed by atoms with Crippen LogP contribution >= 0.6 is 0 Å². The molecule has 0 radical (unpaired) electrons. The summed E-state index contributed by atoms with van der Waals surface area (Å²) in [5.74, 6) is 0.141. The third-order valence-corrected chi connectivity index (χ3v) is 8.19. The molecular formula is C31H31N3O4S. The van der Waals surface area contributed by atoms with E-state index in [1.54, 1.807) is 12.1 Å². The molecule has 5 aromatic rings. The van der Waals surface area contributed by atoms with Crippen molar-refractivity contribution in [2.45, 2.75) is 37.8 Å². The Morgan fingerprint density at radius 1 is 0.846 bits per heavy atom. The smallest absolute Gasteiger partial charge is 0.242 e. The first-order chi connectivity index (χ1) is 18.9.